The third kappa shape index (κ3) is 8.86. The molecule has 0 saturated carbocycles. The second-order valence-corrected chi connectivity index (χ2v) is 0. The Morgan fingerprint density at radius 3 is 1.00 bits per heavy atom. The molecule has 18 valence electrons. The van der Waals surface area contributed by atoms with E-state index < -0.39 is 0 Å². The maximum Gasteiger partial charge on any atom is 0.316 e. The minimum atomic E-state index is 0. The van der Waals surface area contributed by atoms with Crippen molar-refractivity contribution in [1.29, 1.82) is 0 Å². The Morgan fingerprint density at radius 1 is 1.00 bits per heavy atom. The van der Waals surface area contributed by atoms with Gasteiger partial charge in [0.15, 0.2) is 17.4 Å². The van der Waals surface area contributed by atoms with Crippen molar-refractivity contribution in [1.82, 2.24) is 0 Å². The summed E-state index contributed by atoms with van der Waals surface area (Å²) in [6.07, 6.45) is 0. The van der Waals surface area contributed by atoms with Crippen LogP contribution in [0.3, 0.4) is 0 Å². The molecule has 0 aromatic carbocycles. The first-order valence-electron chi connectivity index (χ1n) is 0. The Kier molecular flexibility index (Phi) is 120. The molecule has 0 N–H and O–H groups in total. The van der Waals surface area contributed by atoms with Crippen molar-refractivity contribution in [3.05, 3.63) is 0 Å². The molecule has 0 bridgehead atoms. The Balaban J connectivity index is 0. The fraction of sp³-hybridized carbons (Fsp3) is 0. The predicted octanol–water partition coefficient (Wildman–Crippen LogP) is -2.11. The zero-order valence-corrected chi connectivity index (χ0v) is 5.02. The van der Waals surface area contributed by atoms with Crippen molar-refractivity contribution in [2.45, 2.75) is 0 Å². The molecule has 0 fully saturated rings. The van der Waals surface area contributed by atoms with Crippen molar-refractivity contribution in [3.63, 3.8) is 0 Å². The maximum absolute atomic E-state index is 0. The van der Waals surface area contributed by atoms with Gasteiger partial charge >= 0.3 is 23.1 Å². The van der Waals surface area contributed by atoms with Gasteiger partial charge in [-0.1, -0.05) is 0 Å². The van der Waals surface area contributed by atoms with Gasteiger partial charge in [-0.15, -0.1) is 0 Å². The second kappa shape index (κ2) is 16.9. The summed E-state index contributed by atoms with van der Waals surface area (Å²) in [6, 6.07) is 0. The molecule has 4 heteroatoms. The molecule has 0 aliphatic carbocycles. The summed E-state index contributed by atoms with van der Waals surface area (Å²) in [5.41, 5.74) is 0. The molecule has 0 spiro atoms. The van der Waals surface area contributed by atoms with Crippen molar-refractivity contribution >= 4 is 40.4 Å². The molecular formula is H5AlMgTiZr. The van der Waals surface area contributed by atoms with E-state index in [0.717, 1.165) is 0 Å². The van der Waals surface area contributed by atoms with Crippen LogP contribution < -0.4 is 0 Å². The summed E-state index contributed by atoms with van der Waals surface area (Å²) in [5.74, 6) is 0. The first-order valence-corrected chi connectivity index (χ1v) is 0. The van der Waals surface area contributed by atoms with Crippen molar-refractivity contribution in [2.24, 2.45) is 0 Å². The zero-order valence-electron chi connectivity index (χ0n) is 1.00. The molecule has 0 heterocycles. The van der Waals surface area contributed by atoms with Gasteiger partial charge in [0.25, 0.3) is 0 Å². The van der Waals surface area contributed by atoms with E-state index in [4.69, 9.17) is 0 Å². The van der Waals surface area contributed by atoms with Crippen LogP contribution in [0.1, 0.15) is 0 Å². The molecule has 4 heavy (non-hydrogen) atoms. The number of rotatable bonds is 0. The molecule has 0 unspecified atom stereocenters. The van der Waals surface area contributed by atoms with Gasteiger partial charge in [0.1, 0.15) is 0 Å². The van der Waals surface area contributed by atoms with E-state index in [0.29, 0.717) is 0 Å². The van der Waals surface area contributed by atoms with Gasteiger partial charge in [0.05, 0.1) is 0 Å². The van der Waals surface area contributed by atoms with E-state index in [-0.39, 0.29) is 88.3 Å². The number of hydrogen-bond acceptors (Lipinski definition) is 0. The minimum absolute atomic E-state index is 0. The van der Waals surface area contributed by atoms with Gasteiger partial charge in [-0.05, 0) is 0 Å². The van der Waals surface area contributed by atoms with Crippen molar-refractivity contribution < 1.29 is 47.9 Å². The molecule has 0 saturated heterocycles. The van der Waals surface area contributed by atoms with E-state index in [1.54, 1.807) is 0 Å². The van der Waals surface area contributed by atoms with Crippen LogP contribution in [-0.2, 0) is 47.9 Å². The topological polar surface area (TPSA) is 0 Å². The average Bonchev–Trinajstić information content (AvgIpc) is 0. The number of hydrogen-bond donors (Lipinski definition) is 0. The Morgan fingerprint density at radius 2 is 1.00 bits per heavy atom. The van der Waals surface area contributed by atoms with E-state index in [2.05, 4.69) is 0 Å². The van der Waals surface area contributed by atoms with Gasteiger partial charge in [0, 0.05) is 47.9 Å². The van der Waals surface area contributed by atoms with Crippen LogP contribution in [0.25, 0.3) is 0 Å². The Bertz CT molecular complexity index is 8.00. The zero-order chi connectivity index (χ0) is 0. The van der Waals surface area contributed by atoms with E-state index in [1.807, 2.05) is 0 Å². The maximum atomic E-state index is 0. The van der Waals surface area contributed by atoms with Crippen LogP contribution >= 0.6 is 0 Å². The van der Waals surface area contributed by atoms with Gasteiger partial charge in [0.2, 0.25) is 0 Å². The van der Waals surface area contributed by atoms with Gasteiger partial charge in [-0.2, -0.15) is 0 Å². The molecule has 0 amide bonds. The van der Waals surface area contributed by atoms with E-state index in [9.17, 15) is 0 Å². The van der Waals surface area contributed by atoms with Crippen LogP contribution in [0, 0.1) is 0 Å². The third-order valence-electron chi connectivity index (χ3n) is 0. The molecule has 0 atom stereocenters. The first kappa shape index (κ1) is 28.6. The largest absolute Gasteiger partial charge is 0.316 e. The molecule has 0 aliphatic rings. The van der Waals surface area contributed by atoms with Crippen LogP contribution in [0.5, 0.6) is 0 Å². The van der Waals surface area contributed by atoms with Crippen LogP contribution in [0.2, 0.25) is 0 Å². The summed E-state index contributed by atoms with van der Waals surface area (Å²) in [7, 11) is 0. The van der Waals surface area contributed by atoms with Crippen molar-refractivity contribution in [3.8, 4) is 0 Å². The summed E-state index contributed by atoms with van der Waals surface area (Å²) >= 11 is 0. The molecule has 0 aromatic heterocycles. The Hall–Kier alpha value is 2.90. The molecule has 0 aromatic rings. The second-order valence-electron chi connectivity index (χ2n) is 0. The standard InChI is InChI=1S/Al.Mg.Ti.Zr.5H. The average molecular weight is 195 g/mol. The monoisotopic (exact) mass is 194 g/mol. The van der Waals surface area contributed by atoms with Gasteiger partial charge < -0.3 is 0 Å². The fourth-order valence-corrected chi connectivity index (χ4v) is 0. The van der Waals surface area contributed by atoms with Gasteiger partial charge in [-0.3, -0.25) is 0 Å². The molecule has 0 nitrogen and oxygen atoms in total. The summed E-state index contributed by atoms with van der Waals surface area (Å²) < 4.78 is 0. The van der Waals surface area contributed by atoms with Crippen LogP contribution in [0.15, 0.2) is 0 Å². The molecule has 0 aliphatic heterocycles. The van der Waals surface area contributed by atoms with Crippen molar-refractivity contribution in [2.75, 3.05) is 0 Å². The van der Waals surface area contributed by atoms with E-state index >= 15 is 0 Å². The summed E-state index contributed by atoms with van der Waals surface area (Å²) in [5, 5.41) is 0. The quantitative estimate of drug-likeness (QED) is 0.388. The molecule has 0 radical (unpaired) electrons. The van der Waals surface area contributed by atoms with Crippen LogP contribution in [0.4, 0.5) is 0 Å². The Labute approximate surface area is 86.8 Å². The molecular weight excluding hydrogens is 190 g/mol. The third-order valence-corrected chi connectivity index (χ3v) is 0. The molecule has 0 rings (SSSR count). The van der Waals surface area contributed by atoms with Crippen LogP contribution in [-0.4, -0.2) is 40.4 Å². The predicted molar refractivity (Wildman–Crippen MR) is 18.5 cm³/mol. The SMILES string of the molecule is [AlH3].[MgH2].[Ti].[Zr]. The normalized spacial score (nSPS) is 0. The smallest absolute Gasteiger partial charge is 0 e. The fourth-order valence-electron chi connectivity index (χ4n) is 0. The van der Waals surface area contributed by atoms with Gasteiger partial charge in [-0.25, -0.2) is 0 Å². The summed E-state index contributed by atoms with van der Waals surface area (Å²) in [6.45, 7) is 0. The summed E-state index contributed by atoms with van der Waals surface area (Å²) in [4.78, 5) is 0. The minimum Gasteiger partial charge on any atom is 0 e. The first-order chi connectivity index (χ1) is 0. The van der Waals surface area contributed by atoms with E-state index in [1.165, 1.54) is 0 Å².